The van der Waals surface area contributed by atoms with Gasteiger partial charge in [0.05, 0.1) is 6.61 Å². The minimum absolute atomic E-state index is 0.00722. The first kappa shape index (κ1) is 23.3. The Morgan fingerprint density at radius 3 is 2.30 bits per heavy atom. The maximum atomic E-state index is 13.2. The quantitative estimate of drug-likeness (QED) is 0.416. The van der Waals surface area contributed by atoms with Crippen LogP contribution in [0.25, 0.3) is 0 Å². The highest BCUT2D eigenvalue weighted by atomic mass is 35.5. The van der Waals surface area contributed by atoms with E-state index in [9.17, 15) is 4.79 Å². The lowest BCUT2D eigenvalue weighted by Crippen LogP contribution is -2.48. The molecule has 0 spiro atoms. The van der Waals surface area contributed by atoms with E-state index in [0.29, 0.717) is 46.8 Å². The molecule has 1 amide bonds. The molecule has 1 heterocycles. The molecule has 0 atom stereocenters. The summed E-state index contributed by atoms with van der Waals surface area (Å²) < 4.78 is 11.7. The number of piperazine rings is 1. The molecular weight excluding hydrogens is 459 g/mol. The number of rotatable bonds is 7. The number of hydrogen-bond acceptors (Lipinski definition) is 4. The van der Waals surface area contributed by atoms with Gasteiger partial charge in [0.2, 0.25) is 0 Å². The number of hydrogen-bond donors (Lipinski definition) is 0. The van der Waals surface area contributed by atoms with Crippen LogP contribution < -0.4 is 14.4 Å². The lowest BCUT2D eigenvalue weighted by Gasteiger charge is -2.36. The molecule has 1 fully saturated rings. The summed E-state index contributed by atoms with van der Waals surface area (Å²) in [6, 6.07) is 20.6. The van der Waals surface area contributed by atoms with Crippen molar-refractivity contribution in [2.75, 3.05) is 37.7 Å². The van der Waals surface area contributed by atoms with Crippen LogP contribution in [0.3, 0.4) is 0 Å². The van der Waals surface area contributed by atoms with Gasteiger partial charge in [0.1, 0.15) is 18.1 Å². The lowest BCUT2D eigenvalue weighted by atomic mass is 10.1. The predicted octanol–water partition coefficient (Wildman–Crippen LogP) is 5.93. The Labute approximate surface area is 204 Å². The molecule has 0 bridgehead atoms. The third kappa shape index (κ3) is 5.92. The average Bonchev–Trinajstić information content (AvgIpc) is 2.83. The molecule has 172 valence electrons. The van der Waals surface area contributed by atoms with Crippen LogP contribution in [0.2, 0.25) is 10.0 Å². The minimum Gasteiger partial charge on any atom is -0.493 e. The van der Waals surface area contributed by atoms with Crippen molar-refractivity contribution in [1.29, 1.82) is 0 Å². The Morgan fingerprint density at radius 2 is 1.61 bits per heavy atom. The first-order valence-corrected chi connectivity index (χ1v) is 11.7. The van der Waals surface area contributed by atoms with Crippen LogP contribution >= 0.6 is 23.2 Å². The van der Waals surface area contributed by atoms with Gasteiger partial charge >= 0.3 is 0 Å². The van der Waals surface area contributed by atoms with Gasteiger partial charge in [0.15, 0.2) is 0 Å². The Morgan fingerprint density at radius 1 is 0.879 bits per heavy atom. The average molecular weight is 485 g/mol. The summed E-state index contributed by atoms with van der Waals surface area (Å²) in [6.45, 7) is 5.55. The van der Waals surface area contributed by atoms with E-state index in [1.54, 1.807) is 12.1 Å². The van der Waals surface area contributed by atoms with Crippen LogP contribution in [0, 0.1) is 0 Å². The Kier molecular flexibility index (Phi) is 7.63. The maximum absolute atomic E-state index is 13.2. The van der Waals surface area contributed by atoms with Crippen LogP contribution in [-0.2, 0) is 6.61 Å². The zero-order valence-electron chi connectivity index (χ0n) is 18.5. The highest BCUT2D eigenvalue weighted by Gasteiger charge is 2.23. The first-order chi connectivity index (χ1) is 16.0. The van der Waals surface area contributed by atoms with E-state index in [2.05, 4.69) is 4.90 Å². The number of carbonyl (C=O) groups is 1. The Bertz CT molecular complexity index is 1110. The summed E-state index contributed by atoms with van der Waals surface area (Å²) in [5.74, 6) is 1.38. The summed E-state index contributed by atoms with van der Waals surface area (Å²) in [4.78, 5) is 17.4. The molecule has 0 aliphatic carbocycles. The van der Waals surface area contributed by atoms with Crippen LogP contribution in [0.4, 0.5) is 5.69 Å². The molecule has 0 radical (unpaired) electrons. The van der Waals surface area contributed by atoms with Crippen molar-refractivity contribution in [1.82, 2.24) is 4.90 Å². The third-order valence-electron chi connectivity index (χ3n) is 5.54. The van der Waals surface area contributed by atoms with Crippen molar-refractivity contribution in [3.05, 3.63) is 87.9 Å². The van der Waals surface area contributed by atoms with Crippen LogP contribution in [-0.4, -0.2) is 43.6 Å². The lowest BCUT2D eigenvalue weighted by molar-refractivity contribution is 0.0746. The summed E-state index contributed by atoms with van der Waals surface area (Å²) in [5.41, 5.74) is 2.52. The largest absolute Gasteiger partial charge is 0.493 e. The molecule has 0 unspecified atom stereocenters. The fraction of sp³-hybridized carbons (Fsp3) is 0.269. The predicted molar refractivity (Wildman–Crippen MR) is 133 cm³/mol. The molecular formula is C26H26Cl2N2O3. The number of nitrogens with zero attached hydrogens (tertiary/aromatic N) is 2. The van der Waals surface area contributed by atoms with Gasteiger partial charge in [-0.25, -0.2) is 0 Å². The second-order valence-electron chi connectivity index (χ2n) is 7.76. The zero-order chi connectivity index (χ0) is 23.2. The van der Waals surface area contributed by atoms with E-state index in [1.165, 1.54) is 0 Å². The maximum Gasteiger partial charge on any atom is 0.253 e. The molecule has 7 heteroatoms. The van der Waals surface area contributed by atoms with Gasteiger partial charge in [-0.15, -0.1) is 0 Å². The summed E-state index contributed by atoms with van der Waals surface area (Å²) >= 11 is 12.2. The van der Waals surface area contributed by atoms with Gasteiger partial charge in [-0.3, -0.25) is 4.79 Å². The van der Waals surface area contributed by atoms with Gasteiger partial charge in [-0.2, -0.15) is 0 Å². The Hall–Kier alpha value is -2.89. The van der Waals surface area contributed by atoms with E-state index < -0.39 is 0 Å². The number of anilines is 1. The van der Waals surface area contributed by atoms with Crippen LogP contribution in [0.5, 0.6) is 11.5 Å². The fourth-order valence-corrected chi connectivity index (χ4v) is 4.23. The number of ether oxygens (including phenoxy) is 2. The molecule has 1 aliphatic heterocycles. The molecule has 0 saturated carbocycles. The van der Waals surface area contributed by atoms with Crippen molar-refractivity contribution in [3.63, 3.8) is 0 Å². The van der Waals surface area contributed by atoms with E-state index in [1.807, 2.05) is 66.4 Å². The molecule has 1 aliphatic rings. The minimum atomic E-state index is 0.00722. The molecule has 4 rings (SSSR count). The number of halogens is 2. The second kappa shape index (κ2) is 10.8. The topological polar surface area (TPSA) is 42.0 Å². The standard InChI is InChI=1S/C26H26Cl2N2O3/c1-2-32-25-10-9-19(15-20(25)18-33-24-8-4-6-22(28)17-24)26(31)30-13-11-29(12-14-30)23-7-3-5-21(27)16-23/h3-10,15-17H,2,11-14,18H2,1H3. The fourth-order valence-electron chi connectivity index (χ4n) is 3.86. The van der Waals surface area contributed by atoms with Gasteiger partial charge in [-0.05, 0) is 61.5 Å². The molecule has 0 N–H and O–H groups in total. The van der Waals surface area contributed by atoms with Gasteiger partial charge in [0.25, 0.3) is 5.91 Å². The molecule has 0 aromatic heterocycles. The van der Waals surface area contributed by atoms with E-state index in [0.717, 1.165) is 24.3 Å². The molecule has 1 saturated heterocycles. The molecule has 3 aromatic rings. The third-order valence-corrected chi connectivity index (χ3v) is 6.01. The van der Waals surface area contributed by atoms with Gasteiger partial charge in [-0.1, -0.05) is 35.3 Å². The SMILES string of the molecule is CCOc1ccc(C(=O)N2CCN(c3cccc(Cl)c3)CC2)cc1COc1cccc(Cl)c1. The van der Waals surface area contributed by atoms with Crippen molar-refractivity contribution in [2.45, 2.75) is 13.5 Å². The van der Waals surface area contributed by atoms with Crippen molar-refractivity contribution in [2.24, 2.45) is 0 Å². The van der Waals surface area contributed by atoms with Crippen LogP contribution in [0.15, 0.2) is 66.7 Å². The normalized spacial score (nSPS) is 13.7. The Balaban J connectivity index is 1.44. The zero-order valence-corrected chi connectivity index (χ0v) is 20.0. The summed E-state index contributed by atoms with van der Waals surface area (Å²) in [5, 5.41) is 1.33. The molecule has 3 aromatic carbocycles. The van der Waals surface area contributed by atoms with Crippen molar-refractivity contribution >= 4 is 34.8 Å². The van der Waals surface area contributed by atoms with E-state index >= 15 is 0 Å². The monoisotopic (exact) mass is 484 g/mol. The highest BCUT2D eigenvalue weighted by Crippen LogP contribution is 2.26. The summed E-state index contributed by atoms with van der Waals surface area (Å²) in [6.07, 6.45) is 0. The second-order valence-corrected chi connectivity index (χ2v) is 8.63. The smallest absolute Gasteiger partial charge is 0.253 e. The molecule has 33 heavy (non-hydrogen) atoms. The number of benzene rings is 3. The van der Waals surface area contributed by atoms with Crippen LogP contribution in [0.1, 0.15) is 22.8 Å². The van der Waals surface area contributed by atoms with Crippen molar-refractivity contribution in [3.8, 4) is 11.5 Å². The van der Waals surface area contributed by atoms with E-state index in [4.69, 9.17) is 32.7 Å². The number of carbonyl (C=O) groups excluding carboxylic acids is 1. The van der Waals surface area contributed by atoms with Gasteiger partial charge in [0, 0.05) is 53.0 Å². The van der Waals surface area contributed by atoms with Gasteiger partial charge < -0.3 is 19.3 Å². The van der Waals surface area contributed by atoms with Crippen molar-refractivity contribution < 1.29 is 14.3 Å². The van der Waals surface area contributed by atoms with E-state index in [-0.39, 0.29) is 12.5 Å². The first-order valence-electron chi connectivity index (χ1n) is 11.0. The number of amides is 1. The highest BCUT2D eigenvalue weighted by molar-refractivity contribution is 6.31. The molecule has 5 nitrogen and oxygen atoms in total. The summed E-state index contributed by atoms with van der Waals surface area (Å²) in [7, 11) is 0.